The molecule has 0 amide bonds. The first kappa shape index (κ1) is 46.9. The Morgan fingerprint density at radius 3 is 2.15 bits per heavy atom. The second-order valence-electron chi connectivity index (χ2n) is 15.4. The number of aliphatic hydroxyl groups excluding tert-OH is 2. The van der Waals surface area contributed by atoms with Crippen molar-refractivity contribution < 1.29 is 38.1 Å². The number of carbonyl (C=O) groups excluding carboxylic acids is 1. The van der Waals surface area contributed by atoms with E-state index < -0.39 is 32.0 Å². The standard InChI is InChI=1S/C45H64N6O8P/c1-3-4-5-6-7-8-9-10-11-12-13-14-15-16-20-23-41(52)57-36-26-24-35(25-27-36)30-31-56-60(55-2,59-37-21-18-17-19-22-37)50-32-39-42(53)43(54)45(33-46,58-39)40-29-28-38-44(47)48-34-49-51(38)40/h17-19,21-22,24-29,34,39,42-43,50,53-54H,3-16,20,23,30-32H2,1-2H3,(H2,47,48,49)/q+1/t39-,42-,43-,45+,60?/m1/s1. The minimum absolute atomic E-state index is 0.115. The van der Waals surface area contributed by atoms with Gasteiger partial charge in [0, 0.05) is 12.8 Å². The van der Waals surface area contributed by atoms with E-state index in [1.807, 2.05) is 30.3 Å². The number of benzene rings is 2. The topological polar surface area (TPSA) is 196 Å². The van der Waals surface area contributed by atoms with Gasteiger partial charge in [-0.25, -0.2) is 9.50 Å². The van der Waals surface area contributed by atoms with Crippen LogP contribution in [0.3, 0.4) is 0 Å². The van der Waals surface area contributed by atoms with Crippen LogP contribution in [0.4, 0.5) is 5.82 Å². The number of rotatable bonds is 28. The molecule has 15 heteroatoms. The van der Waals surface area contributed by atoms with Crippen LogP contribution in [0.2, 0.25) is 0 Å². The lowest BCUT2D eigenvalue weighted by Crippen LogP contribution is -2.41. The fourth-order valence-corrected chi connectivity index (χ4v) is 9.14. The van der Waals surface area contributed by atoms with Crippen LogP contribution >= 0.6 is 8.09 Å². The number of carbonyl (C=O) groups is 1. The third-order valence-electron chi connectivity index (χ3n) is 11.0. The minimum Gasteiger partial charge on any atom is -0.427 e. The Morgan fingerprint density at radius 1 is 0.900 bits per heavy atom. The number of unbranched alkanes of at least 4 members (excludes halogenated alkanes) is 14. The van der Waals surface area contributed by atoms with E-state index in [1.54, 1.807) is 36.4 Å². The number of hydrogen-bond acceptors (Lipinski definition) is 13. The Balaban J connectivity index is 1.05. The van der Waals surface area contributed by atoms with Crippen LogP contribution < -0.4 is 20.1 Å². The molecule has 4 aromatic rings. The van der Waals surface area contributed by atoms with E-state index >= 15 is 0 Å². The van der Waals surface area contributed by atoms with Crippen molar-refractivity contribution in [2.45, 2.75) is 140 Å². The average Bonchev–Trinajstić information content (AvgIpc) is 3.81. The Hall–Kier alpha value is -4.19. The summed E-state index contributed by atoms with van der Waals surface area (Å²) in [6, 6.07) is 21.5. The van der Waals surface area contributed by atoms with Crippen LogP contribution in [0.5, 0.6) is 11.5 Å². The number of aromatic nitrogens is 3. The Kier molecular flexibility index (Phi) is 19.0. The summed E-state index contributed by atoms with van der Waals surface area (Å²) < 4.78 is 31.6. The number of nitrogens with two attached hydrogens (primary N) is 1. The second kappa shape index (κ2) is 24.3. The molecule has 60 heavy (non-hydrogen) atoms. The highest BCUT2D eigenvalue weighted by atomic mass is 31.2. The van der Waals surface area contributed by atoms with Gasteiger partial charge in [-0.15, -0.1) is 5.09 Å². The Bertz CT molecular complexity index is 1910. The van der Waals surface area contributed by atoms with Crippen molar-refractivity contribution in [3.8, 4) is 17.6 Å². The quantitative estimate of drug-likeness (QED) is 0.0184. The number of aliphatic hydroxyl groups is 2. The number of para-hydroxylation sites is 1. The maximum absolute atomic E-state index is 12.5. The molecule has 5 rings (SSSR count). The van der Waals surface area contributed by atoms with E-state index in [1.165, 1.54) is 95.0 Å². The zero-order chi connectivity index (χ0) is 42.6. The number of hydrogen-bond donors (Lipinski definition) is 4. The van der Waals surface area contributed by atoms with Crippen molar-refractivity contribution in [3.05, 3.63) is 84.3 Å². The molecule has 0 radical (unpaired) electrons. The lowest BCUT2D eigenvalue weighted by atomic mass is 9.92. The number of ether oxygens (including phenoxy) is 2. The number of nitriles is 1. The smallest absolute Gasteiger partial charge is 0.427 e. The van der Waals surface area contributed by atoms with Crippen molar-refractivity contribution in [1.29, 1.82) is 5.26 Å². The Morgan fingerprint density at radius 2 is 1.53 bits per heavy atom. The zero-order valence-corrected chi connectivity index (χ0v) is 36.1. The summed E-state index contributed by atoms with van der Waals surface area (Å²) in [5.74, 6) is 0.928. The molecule has 3 heterocycles. The van der Waals surface area contributed by atoms with Crippen molar-refractivity contribution in [2.24, 2.45) is 0 Å². The molecule has 0 bridgehead atoms. The van der Waals surface area contributed by atoms with E-state index in [4.69, 9.17) is 28.8 Å². The lowest BCUT2D eigenvalue weighted by molar-refractivity contribution is -0.134. The fourth-order valence-electron chi connectivity index (χ4n) is 7.49. The van der Waals surface area contributed by atoms with Crippen molar-refractivity contribution in [1.82, 2.24) is 19.7 Å². The molecule has 5 N–H and O–H groups in total. The van der Waals surface area contributed by atoms with Gasteiger partial charge >= 0.3 is 14.1 Å². The van der Waals surface area contributed by atoms with Gasteiger partial charge < -0.3 is 25.4 Å². The minimum atomic E-state index is -3.37. The van der Waals surface area contributed by atoms with Crippen molar-refractivity contribution in [3.63, 3.8) is 0 Å². The summed E-state index contributed by atoms with van der Waals surface area (Å²) >= 11 is 0. The van der Waals surface area contributed by atoms with E-state index in [9.17, 15) is 20.3 Å². The fraction of sp³-hybridized carbons (Fsp3) is 0.556. The average molecular weight is 848 g/mol. The molecular formula is C45H64N6O8P+. The predicted octanol–water partition coefficient (Wildman–Crippen LogP) is 8.57. The molecule has 5 atom stereocenters. The van der Waals surface area contributed by atoms with Crippen molar-refractivity contribution in [2.75, 3.05) is 26.0 Å². The van der Waals surface area contributed by atoms with E-state index in [2.05, 4.69) is 28.2 Å². The van der Waals surface area contributed by atoms with Crippen molar-refractivity contribution >= 4 is 25.4 Å². The highest BCUT2D eigenvalue weighted by molar-refractivity contribution is 7.59. The van der Waals surface area contributed by atoms with E-state index in [0.29, 0.717) is 29.9 Å². The Labute approximate surface area is 355 Å². The van der Waals surface area contributed by atoms with Gasteiger partial charge in [-0.2, -0.15) is 19.4 Å². The third-order valence-corrected chi connectivity index (χ3v) is 13.0. The largest absolute Gasteiger partial charge is 0.546 e. The van der Waals surface area contributed by atoms with Crippen LogP contribution in [0, 0.1) is 11.3 Å². The number of nitrogens with one attached hydrogen (secondary N) is 1. The van der Waals surface area contributed by atoms with Crippen LogP contribution in [-0.2, 0) is 30.6 Å². The summed E-state index contributed by atoms with van der Waals surface area (Å²) in [5.41, 5.74) is 5.57. The number of esters is 1. The molecule has 326 valence electrons. The van der Waals surface area contributed by atoms with Gasteiger partial charge in [0.2, 0.25) is 5.60 Å². The van der Waals surface area contributed by atoms with Crippen LogP contribution in [0.15, 0.2) is 73.1 Å². The molecule has 14 nitrogen and oxygen atoms in total. The molecule has 1 fully saturated rings. The first-order valence-corrected chi connectivity index (χ1v) is 23.2. The monoisotopic (exact) mass is 847 g/mol. The molecule has 2 aromatic heterocycles. The molecule has 1 saturated heterocycles. The number of fused-ring (bicyclic) bond motifs is 1. The summed E-state index contributed by atoms with van der Waals surface area (Å²) in [6.45, 7) is 2.32. The summed E-state index contributed by atoms with van der Waals surface area (Å²) in [5, 5.41) is 40.1. The maximum atomic E-state index is 12.5. The molecule has 0 saturated carbocycles. The molecule has 1 unspecified atom stereocenters. The summed E-state index contributed by atoms with van der Waals surface area (Å²) in [7, 11) is -1.92. The van der Waals surface area contributed by atoms with Crippen LogP contribution in [0.1, 0.15) is 121 Å². The molecule has 2 aromatic carbocycles. The zero-order valence-electron chi connectivity index (χ0n) is 35.3. The number of nitrogen functional groups attached to an aromatic ring is 1. The van der Waals surface area contributed by atoms with Gasteiger partial charge in [0.1, 0.15) is 48.6 Å². The molecule has 1 aliphatic rings. The van der Waals surface area contributed by atoms with E-state index in [-0.39, 0.29) is 30.6 Å². The summed E-state index contributed by atoms with van der Waals surface area (Å²) in [4.78, 5) is 16.5. The van der Waals surface area contributed by atoms with Gasteiger partial charge in [-0.1, -0.05) is 127 Å². The molecular weight excluding hydrogens is 784 g/mol. The van der Waals surface area contributed by atoms with Crippen LogP contribution in [0.25, 0.3) is 5.52 Å². The molecule has 0 aliphatic carbocycles. The maximum Gasteiger partial charge on any atom is 0.546 e. The predicted molar refractivity (Wildman–Crippen MR) is 232 cm³/mol. The van der Waals surface area contributed by atoms with Gasteiger partial charge in [-0.3, -0.25) is 9.32 Å². The van der Waals surface area contributed by atoms with Crippen LogP contribution in [-0.4, -0.2) is 69.4 Å². The highest BCUT2D eigenvalue weighted by Gasteiger charge is 2.59. The molecule has 1 aliphatic heterocycles. The highest BCUT2D eigenvalue weighted by Crippen LogP contribution is 2.57. The number of anilines is 1. The van der Waals surface area contributed by atoms with Gasteiger partial charge in [0.25, 0.3) is 0 Å². The van der Waals surface area contributed by atoms with E-state index in [0.717, 1.165) is 24.8 Å². The normalized spacial score (nSPS) is 19.9. The van der Waals surface area contributed by atoms with Gasteiger partial charge in [0.05, 0.1) is 19.3 Å². The first-order chi connectivity index (χ1) is 29.2. The molecule has 0 spiro atoms. The van der Waals surface area contributed by atoms with Gasteiger partial charge in [0.15, 0.2) is 11.6 Å². The summed E-state index contributed by atoms with van der Waals surface area (Å²) in [6.07, 6.45) is 17.1. The SMILES string of the molecule is CCCCCCCCCCCCCCCCCC(=O)Oc1ccc(CCO[P+](NC[C@H]2O[C@@](C#N)(c3ccc4c(N)ncnn34)[C@H](O)[C@@H]2O)(OC)Oc2ccccc2)cc1. The lowest BCUT2D eigenvalue weighted by Gasteiger charge is -2.24. The van der Waals surface area contributed by atoms with Gasteiger partial charge in [-0.05, 0) is 48.4 Å². The third kappa shape index (κ3) is 13.2. The second-order valence-corrected chi connectivity index (χ2v) is 17.6. The number of nitrogens with zero attached hydrogens (tertiary/aromatic N) is 4. The first-order valence-electron chi connectivity index (χ1n) is 21.7.